The molecule has 3 aromatic rings. The van der Waals surface area contributed by atoms with Crippen molar-refractivity contribution in [2.45, 2.75) is 0 Å². The van der Waals surface area contributed by atoms with Crippen LogP contribution in [0.2, 0.25) is 5.02 Å². The maximum absolute atomic E-state index is 13.0. The van der Waals surface area contributed by atoms with Crippen molar-refractivity contribution in [1.29, 1.82) is 0 Å². The van der Waals surface area contributed by atoms with Crippen LogP contribution in [0.3, 0.4) is 0 Å². The van der Waals surface area contributed by atoms with Crippen molar-refractivity contribution in [3.8, 4) is 0 Å². The molecule has 4 rings (SSSR count). The number of fused-ring (bicyclic) bond motifs is 1. The molecule has 1 aliphatic heterocycles. The monoisotopic (exact) mass is 384 g/mol. The van der Waals surface area contributed by atoms with Crippen molar-refractivity contribution in [2.75, 3.05) is 36.4 Å². The number of anilines is 2. The zero-order chi connectivity index (χ0) is 18.8. The molecule has 2 heterocycles. The minimum Gasteiger partial charge on any atom is -0.367 e. The van der Waals surface area contributed by atoms with Crippen LogP contribution in [0.1, 0.15) is 0 Å². The number of urea groups is 1. The fraction of sp³-hybridized carbons (Fsp3) is 0.200. The van der Waals surface area contributed by atoms with Crippen LogP contribution in [0.15, 0.2) is 54.7 Å². The third kappa shape index (κ3) is 3.80. The Hall–Kier alpha value is -2.86. The lowest BCUT2D eigenvalue weighted by atomic mass is 10.1. The van der Waals surface area contributed by atoms with E-state index in [2.05, 4.69) is 15.2 Å². The van der Waals surface area contributed by atoms with E-state index in [4.69, 9.17) is 11.6 Å². The molecule has 27 heavy (non-hydrogen) atoms. The number of nitrogens with zero attached hydrogens (tertiary/aromatic N) is 3. The van der Waals surface area contributed by atoms with Gasteiger partial charge in [-0.1, -0.05) is 11.6 Å². The fourth-order valence-electron chi connectivity index (χ4n) is 3.27. The van der Waals surface area contributed by atoms with Gasteiger partial charge < -0.3 is 15.1 Å². The predicted molar refractivity (Wildman–Crippen MR) is 106 cm³/mol. The summed E-state index contributed by atoms with van der Waals surface area (Å²) in [5.41, 5.74) is 2.55. The Labute approximate surface area is 161 Å². The highest BCUT2D eigenvalue weighted by molar-refractivity contribution is 6.31. The predicted octanol–water partition coefficient (Wildman–Crippen LogP) is 4.38. The molecular weight excluding hydrogens is 367 g/mol. The van der Waals surface area contributed by atoms with Gasteiger partial charge >= 0.3 is 6.03 Å². The van der Waals surface area contributed by atoms with Gasteiger partial charge in [-0.25, -0.2) is 9.18 Å². The molecule has 1 aromatic heterocycles. The second kappa shape index (κ2) is 7.40. The summed E-state index contributed by atoms with van der Waals surface area (Å²) in [5, 5.41) is 4.49. The maximum Gasteiger partial charge on any atom is 0.321 e. The third-order valence-corrected chi connectivity index (χ3v) is 4.92. The average molecular weight is 385 g/mol. The summed E-state index contributed by atoms with van der Waals surface area (Å²) < 4.78 is 13.0. The second-order valence-corrected chi connectivity index (χ2v) is 6.84. The molecule has 1 saturated heterocycles. The molecule has 0 unspecified atom stereocenters. The Morgan fingerprint density at radius 1 is 1.04 bits per heavy atom. The lowest BCUT2D eigenvalue weighted by Gasteiger charge is -2.36. The molecule has 2 amide bonds. The first kappa shape index (κ1) is 17.5. The van der Waals surface area contributed by atoms with Crippen molar-refractivity contribution in [3.63, 3.8) is 0 Å². The summed E-state index contributed by atoms with van der Waals surface area (Å²) in [6.45, 7) is 2.61. The van der Waals surface area contributed by atoms with Gasteiger partial charge in [-0.15, -0.1) is 0 Å². The lowest BCUT2D eigenvalue weighted by Crippen LogP contribution is -2.50. The molecular formula is C20H18ClFN4O. The Balaban J connectivity index is 1.44. The number of rotatable bonds is 2. The van der Waals surface area contributed by atoms with Crippen LogP contribution in [0.4, 0.5) is 20.6 Å². The molecule has 5 nitrogen and oxygen atoms in total. The van der Waals surface area contributed by atoms with Crippen molar-refractivity contribution >= 4 is 39.9 Å². The number of pyridine rings is 1. The molecule has 0 saturated carbocycles. The number of piperazine rings is 1. The first-order chi connectivity index (χ1) is 13.1. The standard InChI is InChI=1S/C20H18ClFN4O/c21-14-1-6-18-17(13-14)19(7-8-23-18)25-9-11-26(12-10-25)20(27)24-16-4-2-15(22)3-5-16/h1-8,13H,9-12H2,(H,24,27). The van der Waals surface area contributed by atoms with E-state index in [-0.39, 0.29) is 11.8 Å². The van der Waals surface area contributed by atoms with E-state index in [1.807, 2.05) is 24.3 Å². The van der Waals surface area contributed by atoms with Crippen LogP contribution in [0.25, 0.3) is 10.9 Å². The molecule has 0 atom stereocenters. The third-order valence-electron chi connectivity index (χ3n) is 4.68. The zero-order valence-electron chi connectivity index (χ0n) is 14.5. The second-order valence-electron chi connectivity index (χ2n) is 6.40. The van der Waals surface area contributed by atoms with E-state index in [1.165, 1.54) is 12.1 Å². The number of hydrogen-bond acceptors (Lipinski definition) is 3. The van der Waals surface area contributed by atoms with Crippen molar-refractivity contribution in [3.05, 3.63) is 65.6 Å². The van der Waals surface area contributed by atoms with E-state index >= 15 is 0 Å². The summed E-state index contributed by atoms with van der Waals surface area (Å²) in [6.07, 6.45) is 1.79. The van der Waals surface area contributed by atoms with Gasteiger partial charge in [-0.2, -0.15) is 0 Å². The van der Waals surface area contributed by atoms with Crippen molar-refractivity contribution < 1.29 is 9.18 Å². The molecule has 2 aromatic carbocycles. The topological polar surface area (TPSA) is 48.5 Å². The number of carbonyl (C=O) groups excluding carboxylic acids is 1. The Morgan fingerprint density at radius 3 is 2.52 bits per heavy atom. The van der Waals surface area contributed by atoms with E-state index in [1.54, 1.807) is 23.2 Å². The minimum atomic E-state index is -0.328. The van der Waals surface area contributed by atoms with Gasteiger partial charge in [0, 0.05) is 54.2 Å². The van der Waals surface area contributed by atoms with E-state index in [0.29, 0.717) is 36.9 Å². The van der Waals surface area contributed by atoms with E-state index in [9.17, 15) is 9.18 Å². The lowest BCUT2D eigenvalue weighted by molar-refractivity contribution is 0.208. The van der Waals surface area contributed by atoms with Crippen LogP contribution >= 0.6 is 11.6 Å². The van der Waals surface area contributed by atoms with Gasteiger partial charge in [0.2, 0.25) is 0 Å². The van der Waals surface area contributed by atoms with Crippen LogP contribution in [0.5, 0.6) is 0 Å². The molecule has 7 heteroatoms. The zero-order valence-corrected chi connectivity index (χ0v) is 15.3. The highest BCUT2D eigenvalue weighted by Crippen LogP contribution is 2.28. The average Bonchev–Trinajstić information content (AvgIpc) is 2.69. The van der Waals surface area contributed by atoms with Crippen molar-refractivity contribution in [1.82, 2.24) is 9.88 Å². The van der Waals surface area contributed by atoms with Crippen LogP contribution in [-0.2, 0) is 0 Å². The SMILES string of the molecule is O=C(Nc1ccc(F)cc1)N1CCN(c2ccnc3ccc(Cl)cc23)CC1. The normalized spacial score (nSPS) is 14.4. The number of amides is 2. The molecule has 1 aliphatic rings. The largest absolute Gasteiger partial charge is 0.367 e. The van der Waals surface area contributed by atoms with Crippen LogP contribution < -0.4 is 10.2 Å². The first-order valence-electron chi connectivity index (χ1n) is 8.71. The number of carbonyl (C=O) groups is 1. The Bertz CT molecular complexity index is 971. The molecule has 0 aliphatic carbocycles. The molecule has 1 N–H and O–H groups in total. The van der Waals surface area contributed by atoms with Gasteiger partial charge in [-0.3, -0.25) is 4.98 Å². The van der Waals surface area contributed by atoms with Gasteiger partial charge in [0.15, 0.2) is 0 Å². The highest BCUT2D eigenvalue weighted by Gasteiger charge is 2.22. The highest BCUT2D eigenvalue weighted by atomic mass is 35.5. The summed E-state index contributed by atoms with van der Waals surface area (Å²) >= 11 is 6.15. The summed E-state index contributed by atoms with van der Waals surface area (Å²) in [4.78, 5) is 20.8. The number of benzene rings is 2. The van der Waals surface area contributed by atoms with Crippen LogP contribution in [-0.4, -0.2) is 42.1 Å². The maximum atomic E-state index is 13.0. The number of aromatic nitrogens is 1. The van der Waals surface area contributed by atoms with Crippen molar-refractivity contribution in [2.24, 2.45) is 0 Å². The quantitative estimate of drug-likeness (QED) is 0.713. The molecule has 1 fully saturated rings. The van der Waals surface area contributed by atoms with Gasteiger partial charge in [-0.05, 0) is 48.5 Å². The first-order valence-corrected chi connectivity index (χ1v) is 9.09. The minimum absolute atomic E-state index is 0.177. The van der Waals surface area contributed by atoms with Gasteiger partial charge in [0.25, 0.3) is 0 Å². The number of halogens is 2. The Morgan fingerprint density at radius 2 is 1.78 bits per heavy atom. The summed E-state index contributed by atoms with van der Waals surface area (Å²) in [7, 11) is 0. The number of nitrogens with one attached hydrogen (secondary N) is 1. The fourth-order valence-corrected chi connectivity index (χ4v) is 3.44. The molecule has 0 bridgehead atoms. The van der Waals surface area contributed by atoms with Crippen LogP contribution in [0, 0.1) is 5.82 Å². The molecule has 0 radical (unpaired) electrons. The summed E-state index contributed by atoms with van der Waals surface area (Å²) in [6, 6.07) is 13.2. The molecule has 0 spiro atoms. The molecule has 138 valence electrons. The summed E-state index contributed by atoms with van der Waals surface area (Å²) in [5.74, 6) is -0.328. The Kier molecular flexibility index (Phi) is 4.81. The van der Waals surface area contributed by atoms with Gasteiger partial charge in [0.1, 0.15) is 5.82 Å². The van der Waals surface area contributed by atoms with E-state index < -0.39 is 0 Å². The van der Waals surface area contributed by atoms with Gasteiger partial charge in [0.05, 0.1) is 5.52 Å². The number of hydrogen-bond donors (Lipinski definition) is 1. The smallest absolute Gasteiger partial charge is 0.321 e. The van der Waals surface area contributed by atoms with E-state index in [0.717, 1.165) is 16.6 Å².